The second-order valence-electron chi connectivity index (χ2n) is 7.95. The molecule has 0 radical (unpaired) electrons. The van der Waals surface area contributed by atoms with Gasteiger partial charge in [0.1, 0.15) is 11.8 Å². The summed E-state index contributed by atoms with van der Waals surface area (Å²) in [4.78, 5) is 14.2. The average molecular weight is 416 g/mol. The van der Waals surface area contributed by atoms with Gasteiger partial charge in [0.05, 0.1) is 12.6 Å². The first-order valence-electron chi connectivity index (χ1n) is 11.0. The molecule has 2 atom stereocenters. The largest absolute Gasteiger partial charge is 0.494 e. The Morgan fingerprint density at radius 2 is 1.65 bits per heavy atom. The van der Waals surface area contributed by atoms with E-state index in [0.717, 1.165) is 41.8 Å². The van der Waals surface area contributed by atoms with Crippen molar-refractivity contribution >= 4 is 5.97 Å². The van der Waals surface area contributed by atoms with Gasteiger partial charge in [-0.05, 0) is 49.1 Å². The lowest BCUT2D eigenvalue weighted by molar-refractivity contribution is -0.145. The number of carbonyl (C=O) groups is 1. The quantitative estimate of drug-likeness (QED) is 0.531. The number of likely N-dealkylation sites (tertiary alicyclic amines) is 1. The van der Waals surface area contributed by atoms with E-state index < -0.39 is 12.0 Å². The molecule has 0 amide bonds. The molecule has 1 N–H and O–H groups in total. The highest BCUT2D eigenvalue weighted by atomic mass is 16.5. The lowest BCUT2D eigenvalue weighted by Gasteiger charge is -2.40. The molecule has 4 rings (SSSR count). The van der Waals surface area contributed by atoms with Crippen LogP contribution in [-0.4, -0.2) is 35.2 Å². The number of benzene rings is 3. The summed E-state index contributed by atoms with van der Waals surface area (Å²) >= 11 is 0. The van der Waals surface area contributed by atoms with Crippen molar-refractivity contribution in [3.05, 3.63) is 90.0 Å². The predicted octanol–water partition coefficient (Wildman–Crippen LogP) is 5.78. The zero-order valence-corrected chi connectivity index (χ0v) is 17.9. The van der Waals surface area contributed by atoms with E-state index in [1.54, 1.807) is 0 Å². The van der Waals surface area contributed by atoms with E-state index in [4.69, 9.17) is 4.74 Å². The Bertz CT molecular complexity index is 1000. The van der Waals surface area contributed by atoms with Crippen LogP contribution in [0.4, 0.5) is 0 Å². The Labute approximate surface area is 184 Å². The molecule has 160 valence electrons. The number of hydrogen-bond donors (Lipinski definition) is 1. The molecule has 4 heteroatoms. The van der Waals surface area contributed by atoms with Gasteiger partial charge < -0.3 is 9.84 Å². The van der Waals surface area contributed by atoms with Crippen molar-refractivity contribution in [2.75, 3.05) is 13.2 Å². The number of hydrogen-bond acceptors (Lipinski definition) is 3. The summed E-state index contributed by atoms with van der Waals surface area (Å²) in [6.07, 6.45) is 2.62. The van der Waals surface area contributed by atoms with Gasteiger partial charge in [-0.25, -0.2) is 0 Å². The first-order valence-corrected chi connectivity index (χ1v) is 11.0. The van der Waals surface area contributed by atoms with Crippen molar-refractivity contribution in [2.45, 2.75) is 38.3 Å². The lowest BCUT2D eigenvalue weighted by atomic mass is 9.90. The smallest absolute Gasteiger partial charge is 0.320 e. The molecule has 0 aliphatic carbocycles. The number of nitrogens with zero attached hydrogens (tertiary/aromatic N) is 1. The molecular formula is C27H29NO3. The lowest BCUT2D eigenvalue weighted by Crippen LogP contribution is -2.46. The van der Waals surface area contributed by atoms with Gasteiger partial charge in [-0.15, -0.1) is 0 Å². The van der Waals surface area contributed by atoms with E-state index in [2.05, 4.69) is 47.4 Å². The standard InChI is InChI=1S/C27H29NO3/c1-2-31-25-14-7-6-12-23(25)26(28-19-9-8-13-24(28)27(29)30)22-17-15-21(16-18-22)20-10-4-3-5-11-20/h3-7,10-12,14-18,24,26H,2,8-9,13,19H2,1H3,(H,29,30). The second kappa shape index (κ2) is 9.80. The molecule has 2 unspecified atom stereocenters. The van der Waals surface area contributed by atoms with E-state index in [0.29, 0.717) is 13.0 Å². The van der Waals surface area contributed by atoms with Gasteiger partial charge in [0.2, 0.25) is 0 Å². The van der Waals surface area contributed by atoms with E-state index in [1.165, 1.54) is 5.56 Å². The topological polar surface area (TPSA) is 49.8 Å². The van der Waals surface area contributed by atoms with E-state index in [-0.39, 0.29) is 6.04 Å². The summed E-state index contributed by atoms with van der Waals surface area (Å²) in [6, 6.07) is 26.1. The van der Waals surface area contributed by atoms with Crippen molar-refractivity contribution in [1.82, 2.24) is 4.90 Å². The fraction of sp³-hybridized carbons (Fsp3) is 0.296. The summed E-state index contributed by atoms with van der Waals surface area (Å²) in [5.41, 5.74) is 4.42. The normalized spacial score (nSPS) is 17.8. The summed E-state index contributed by atoms with van der Waals surface area (Å²) in [5, 5.41) is 9.94. The van der Waals surface area contributed by atoms with E-state index in [9.17, 15) is 9.90 Å². The minimum Gasteiger partial charge on any atom is -0.494 e. The molecule has 1 saturated heterocycles. The van der Waals surface area contributed by atoms with Gasteiger partial charge in [-0.3, -0.25) is 9.69 Å². The van der Waals surface area contributed by atoms with Crippen LogP contribution in [0.15, 0.2) is 78.9 Å². The van der Waals surface area contributed by atoms with Gasteiger partial charge in [-0.1, -0.05) is 79.2 Å². The number of carboxylic acid groups (broad SMARTS) is 1. The molecule has 1 aliphatic heterocycles. The number of piperidine rings is 1. The van der Waals surface area contributed by atoms with Crippen LogP contribution in [0.1, 0.15) is 43.4 Å². The van der Waals surface area contributed by atoms with Crippen molar-refractivity contribution in [1.29, 1.82) is 0 Å². The third kappa shape index (κ3) is 4.64. The summed E-state index contributed by atoms with van der Waals surface area (Å²) in [7, 11) is 0. The Morgan fingerprint density at radius 3 is 2.35 bits per heavy atom. The maximum atomic E-state index is 12.1. The monoisotopic (exact) mass is 415 g/mol. The highest BCUT2D eigenvalue weighted by Crippen LogP contribution is 2.39. The molecule has 1 aliphatic rings. The average Bonchev–Trinajstić information content (AvgIpc) is 2.82. The van der Waals surface area contributed by atoms with Gasteiger partial charge >= 0.3 is 5.97 Å². The van der Waals surface area contributed by atoms with Crippen molar-refractivity contribution in [3.63, 3.8) is 0 Å². The van der Waals surface area contributed by atoms with E-state index in [1.807, 2.05) is 43.3 Å². The molecule has 3 aromatic rings. The van der Waals surface area contributed by atoms with Crippen LogP contribution in [0.3, 0.4) is 0 Å². The Balaban J connectivity index is 1.78. The summed E-state index contributed by atoms with van der Waals surface area (Å²) in [5.74, 6) is 0.0661. The van der Waals surface area contributed by atoms with Gasteiger partial charge in [0.15, 0.2) is 0 Å². The number of ether oxygens (including phenoxy) is 1. The van der Waals surface area contributed by atoms with Gasteiger partial charge in [0, 0.05) is 5.56 Å². The molecule has 31 heavy (non-hydrogen) atoms. The zero-order chi connectivity index (χ0) is 21.6. The van der Waals surface area contributed by atoms with E-state index >= 15 is 0 Å². The molecule has 3 aromatic carbocycles. The van der Waals surface area contributed by atoms with Crippen LogP contribution in [0.25, 0.3) is 11.1 Å². The zero-order valence-electron chi connectivity index (χ0n) is 17.9. The van der Waals surface area contributed by atoms with Crippen molar-refractivity contribution in [2.24, 2.45) is 0 Å². The van der Waals surface area contributed by atoms with Crippen molar-refractivity contribution in [3.8, 4) is 16.9 Å². The molecule has 0 spiro atoms. The van der Waals surface area contributed by atoms with Gasteiger partial charge in [-0.2, -0.15) is 0 Å². The maximum absolute atomic E-state index is 12.1. The highest BCUT2D eigenvalue weighted by Gasteiger charge is 2.36. The summed E-state index contributed by atoms with van der Waals surface area (Å²) < 4.78 is 5.94. The summed E-state index contributed by atoms with van der Waals surface area (Å²) in [6.45, 7) is 3.29. The molecule has 1 fully saturated rings. The molecule has 0 aromatic heterocycles. The Morgan fingerprint density at radius 1 is 0.968 bits per heavy atom. The van der Waals surface area contributed by atoms with Crippen LogP contribution < -0.4 is 4.74 Å². The maximum Gasteiger partial charge on any atom is 0.320 e. The Hall–Kier alpha value is -3.11. The minimum atomic E-state index is -0.750. The first-order chi connectivity index (χ1) is 15.2. The number of para-hydroxylation sites is 1. The van der Waals surface area contributed by atoms with Crippen LogP contribution in [-0.2, 0) is 4.79 Å². The first kappa shape index (κ1) is 21.1. The highest BCUT2D eigenvalue weighted by molar-refractivity contribution is 5.74. The fourth-order valence-corrected chi connectivity index (χ4v) is 4.56. The molecule has 1 heterocycles. The fourth-order valence-electron chi connectivity index (χ4n) is 4.56. The third-order valence-electron chi connectivity index (χ3n) is 6.01. The predicted molar refractivity (Wildman–Crippen MR) is 123 cm³/mol. The number of rotatable bonds is 7. The molecule has 0 bridgehead atoms. The second-order valence-corrected chi connectivity index (χ2v) is 7.95. The van der Waals surface area contributed by atoms with Crippen LogP contribution >= 0.6 is 0 Å². The van der Waals surface area contributed by atoms with Gasteiger partial charge in [0.25, 0.3) is 0 Å². The van der Waals surface area contributed by atoms with Crippen LogP contribution in [0.5, 0.6) is 5.75 Å². The van der Waals surface area contributed by atoms with Crippen molar-refractivity contribution < 1.29 is 14.6 Å². The molecular weight excluding hydrogens is 386 g/mol. The minimum absolute atomic E-state index is 0.172. The van der Waals surface area contributed by atoms with Crippen LogP contribution in [0, 0.1) is 0 Å². The third-order valence-corrected chi connectivity index (χ3v) is 6.01. The molecule has 4 nitrogen and oxygen atoms in total. The number of aliphatic carboxylic acids is 1. The van der Waals surface area contributed by atoms with Crippen LogP contribution in [0.2, 0.25) is 0 Å². The molecule has 0 saturated carbocycles. The SMILES string of the molecule is CCOc1ccccc1C(c1ccc(-c2ccccc2)cc1)N1CCCCC1C(=O)O. The number of carboxylic acids is 1. The Kier molecular flexibility index (Phi) is 6.68.